The summed E-state index contributed by atoms with van der Waals surface area (Å²) in [6.07, 6.45) is -4.84. The summed E-state index contributed by atoms with van der Waals surface area (Å²) in [6, 6.07) is 2.71. The molecule has 0 bridgehead atoms. The molecule has 1 amide bonds. The summed E-state index contributed by atoms with van der Waals surface area (Å²) in [6.45, 7) is 1.32. The molecule has 0 aliphatic heterocycles. The number of anilines is 1. The zero-order valence-corrected chi connectivity index (χ0v) is 9.99. The number of carbonyl (C=O) groups is 1. The van der Waals surface area contributed by atoms with Crippen LogP contribution in [-0.4, -0.2) is 30.0 Å². The highest BCUT2D eigenvalue weighted by atomic mass is 19.4. The first kappa shape index (κ1) is 15.1. The van der Waals surface area contributed by atoms with E-state index in [1.54, 1.807) is 6.92 Å². The summed E-state index contributed by atoms with van der Waals surface area (Å²) >= 11 is 0. The van der Waals surface area contributed by atoms with E-state index in [-0.39, 0.29) is 17.9 Å². The van der Waals surface area contributed by atoms with Crippen molar-refractivity contribution in [2.75, 3.05) is 12.3 Å². The first-order chi connectivity index (χ1) is 8.73. The van der Waals surface area contributed by atoms with E-state index in [2.05, 4.69) is 10.1 Å². The summed E-state index contributed by atoms with van der Waals surface area (Å²) in [4.78, 5) is 11.6. The molecule has 0 aliphatic rings. The molecule has 0 saturated heterocycles. The largest absolute Gasteiger partial charge is 0.573 e. The Morgan fingerprint density at radius 1 is 1.53 bits per heavy atom. The van der Waals surface area contributed by atoms with Gasteiger partial charge in [-0.25, -0.2) is 0 Å². The van der Waals surface area contributed by atoms with Crippen molar-refractivity contribution in [3.63, 3.8) is 0 Å². The number of rotatable bonds is 4. The van der Waals surface area contributed by atoms with E-state index in [4.69, 9.17) is 10.8 Å². The minimum Gasteiger partial charge on any atom is -0.404 e. The topological polar surface area (TPSA) is 84.6 Å². The van der Waals surface area contributed by atoms with Crippen LogP contribution < -0.4 is 15.8 Å². The third-order valence-corrected chi connectivity index (χ3v) is 2.15. The second kappa shape index (κ2) is 5.79. The molecule has 0 unspecified atom stereocenters. The van der Waals surface area contributed by atoms with Crippen LogP contribution in [0.5, 0.6) is 5.75 Å². The van der Waals surface area contributed by atoms with Crippen molar-refractivity contribution in [1.29, 1.82) is 0 Å². The molecule has 1 aromatic carbocycles. The van der Waals surface area contributed by atoms with E-state index < -0.39 is 24.1 Å². The van der Waals surface area contributed by atoms with Crippen LogP contribution >= 0.6 is 0 Å². The molecule has 5 nitrogen and oxygen atoms in total. The number of nitrogens with two attached hydrogens (primary N) is 1. The van der Waals surface area contributed by atoms with E-state index in [1.165, 1.54) is 0 Å². The summed E-state index contributed by atoms with van der Waals surface area (Å²) < 4.78 is 39.7. The minimum absolute atomic E-state index is 0.0762. The number of nitrogens with one attached hydrogen (secondary N) is 1. The molecule has 1 aromatic rings. The van der Waals surface area contributed by atoms with Crippen molar-refractivity contribution >= 4 is 11.6 Å². The van der Waals surface area contributed by atoms with Crippen LogP contribution in [0.3, 0.4) is 0 Å². The number of ether oxygens (including phenoxy) is 1. The van der Waals surface area contributed by atoms with Crippen LogP contribution in [-0.2, 0) is 0 Å². The van der Waals surface area contributed by atoms with Gasteiger partial charge in [0.05, 0.1) is 12.3 Å². The van der Waals surface area contributed by atoms with Crippen molar-refractivity contribution in [2.45, 2.75) is 19.3 Å². The van der Waals surface area contributed by atoms with Crippen LogP contribution in [0.15, 0.2) is 18.2 Å². The Labute approximate surface area is 107 Å². The van der Waals surface area contributed by atoms with Gasteiger partial charge in [0.1, 0.15) is 0 Å². The van der Waals surface area contributed by atoms with E-state index in [0.717, 1.165) is 18.2 Å². The van der Waals surface area contributed by atoms with Crippen LogP contribution in [0.2, 0.25) is 0 Å². The lowest BCUT2D eigenvalue weighted by Crippen LogP contribution is -2.35. The molecule has 4 N–H and O–H groups in total. The van der Waals surface area contributed by atoms with Gasteiger partial charge < -0.3 is 20.9 Å². The number of benzene rings is 1. The van der Waals surface area contributed by atoms with Gasteiger partial charge in [-0.3, -0.25) is 4.79 Å². The molecule has 1 atom stereocenters. The lowest BCUT2D eigenvalue weighted by Gasteiger charge is -2.13. The van der Waals surface area contributed by atoms with Crippen LogP contribution in [0, 0.1) is 0 Å². The van der Waals surface area contributed by atoms with E-state index in [0.29, 0.717) is 0 Å². The first-order valence-electron chi connectivity index (χ1n) is 5.30. The van der Waals surface area contributed by atoms with Crippen molar-refractivity contribution < 1.29 is 27.8 Å². The predicted molar refractivity (Wildman–Crippen MR) is 61.6 cm³/mol. The second-order valence-corrected chi connectivity index (χ2v) is 3.86. The maximum Gasteiger partial charge on any atom is 0.573 e. The Morgan fingerprint density at radius 3 is 2.63 bits per heavy atom. The summed E-state index contributed by atoms with van der Waals surface area (Å²) in [5, 5.41) is 11.2. The van der Waals surface area contributed by atoms with Crippen molar-refractivity contribution in [3.05, 3.63) is 23.8 Å². The van der Waals surface area contributed by atoms with Gasteiger partial charge in [0.25, 0.3) is 5.91 Å². The Hall–Kier alpha value is -1.96. The normalized spacial score (nSPS) is 12.9. The standard InChI is InChI=1S/C11H13F3N2O3/c1-6(5-17)16-10(18)7-2-3-9(8(15)4-7)19-11(12,13)14/h2-4,6,17H,5,15H2,1H3,(H,16,18)/t6-/m1/s1. The molecule has 0 radical (unpaired) electrons. The van der Waals surface area contributed by atoms with E-state index >= 15 is 0 Å². The predicted octanol–water partition coefficient (Wildman–Crippen LogP) is 1.28. The molecule has 1 rings (SSSR count). The Kier molecular flexibility index (Phi) is 4.60. The lowest BCUT2D eigenvalue weighted by molar-refractivity contribution is -0.274. The van der Waals surface area contributed by atoms with Crippen molar-refractivity contribution in [3.8, 4) is 5.75 Å². The minimum atomic E-state index is -4.84. The monoisotopic (exact) mass is 278 g/mol. The fraction of sp³-hybridized carbons (Fsp3) is 0.364. The number of carbonyl (C=O) groups excluding carboxylic acids is 1. The van der Waals surface area contributed by atoms with Gasteiger partial charge in [-0.2, -0.15) is 0 Å². The van der Waals surface area contributed by atoms with Gasteiger partial charge in [-0.05, 0) is 25.1 Å². The average Bonchev–Trinajstić information content (AvgIpc) is 2.29. The third-order valence-electron chi connectivity index (χ3n) is 2.15. The molecular weight excluding hydrogens is 265 g/mol. The van der Waals surface area contributed by atoms with Gasteiger partial charge in [0.2, 0.25) is 0 Å². The number of aliphatic hydroxyl groups is 1. The summed E-state index contributed by atoms with van der Waals surface area (Å²) in [7, 11) is 0. The molecule has 0 fully saturated rings. The average molecular weight is 278 g/mol. The van der Waals surface area contributed by atoms with Crippen LogP contribution in [0.25, 0.3) is 0 Å². The molecule has 8 heteroatoms. The number of amides is 1. The van der Waals surface area contributed by atoms with Crippen LogP contribution in [0.1, 0.15) is 17.3 Å². The maximum absolute atomic E-state index is 12.0. The molecular formula is C11H13F3N2O3. The van der Waals surface area contributed by atoms with Gasteiger partial charge in [-0.1, -0.05) is 0 Å². The number of alkyl halides is 3. The molecule has 0 heterocycles. The Balaban J connectivity index is 2.85. The highest BCUT2D eigenvalue weighted by molar-refractivity contribution is 5.95. The number of halogens is 3. The highest BCUT2D eigenvalue weighted by Gasteiger charge is 2.32. The fourth-order valence-electron chi connectivity index (χ4n) is 1.26. The summed E-state index contributed by atoms with van der Waals surface area (Å²) in [5.74, 6) is -1.12. The van der Waals surface area contributed by atoms with Gasteiger partial charge >= 0.3 is 6.36 Å². The molecule has 0 saturated carbocycles. The quantitative estimate of drug-likeness (QED) is 0.724. The third kappa shape index (κ3) is 4.66. The molecule has 0 spiro atoms. The van der Waals surface area contributed by atoms with Gasteiger partial charge in [0, 0.05) is 11.6 Å². The second-order valence-electron chi connectivity index (χ2n) is 3.86. The molecule has 19 heavy (non-hydrogen) atoms. The van der Waals surface area contributed by atoms with Crippen LogP contribution in [0.4, 0.5) is 18.9 Å². The van der Waals surface area contributed by atoms with Crippen molar-refractivity contribution in [1.82, 2.24) is 5.32 Å². The van der Waals surface area contributed by atoms with E-state index in [9.17, 15) is 18.0 Å². The zero-order valence-electron chi connectivity index (χ0n) is 9.99. The number of nitrogen functional groups attached to an aromatic ring is 1. The zero-order chi connectivity index (χ0) is 14.6. The smallest absolute Gasteiger partial charge is 0.404 e. The summed E-state index contributed by atoms with van der Waals surface area (Å²) in [5.41, 5.74) is 5.15. The fourth-order valence-corrected chi connectivity index (χ4v) is 1.26. The molecule has 0 aromatic heterocycles. The number of hydrogen-bond acceptors (Lipinski definition) is 4. The maximum atomic E-state index is 12.0. The Bertz CT molecular complexity index is 463. The van der Waals surface area contributed by atoms with E-state index in [1.807, 2.05) is 0 Å². The first-order valence-corrected chi connectivity index (χ1v) is 5.30. The molecule has 0 aliphatic carbocycles. The van der Waals surface area contributed by atoms with Crippen molar-refractivity contribution in [2.24, 2.45) is 0 Å². The van der Waals surface area contributed by atoms with Gasteiger partial charge in [-0.15, -0.1) is 13.2 Å². The highest BCUT2D eigenvalue weighted by Crippen LogP contribution is 2.28. The van der Waals surface area contributed by atoms with Gasteiger partial charge in [0.15, 0.2) is 5.75 Å². The number of hydrogen-bond donors (Lipinski definition) is 3. The lowest BCUT2D eigenvalue weighted by atomic mass is 10.1. The number of aliphatic hydroxyl groups excluding tert-OH is 1. The Morgan fingerprint density at radius 2 is 2.16 bits per heavy atom. The SMILES string of the molecule is C[C@H](CO)NC(=O)c1ccc(OC(F)(F)F)c(N)c1. The molecule has 106 valence electrons.